The molecule has 0 aliphatic rings. The highest BCUT2D eigenvalue weighted by Crippen LogP contribution is 2.23. The highest BCUT2D eigenvalue weighted by Gasteiger charge is 2.19. The maximum absolute atomic E-state index is 13.4. The fourth-order valence-electron chi connectivity index (χ4n) is 2.90. The number of halogens is 1. The molecule has 0 aliphatic heterocycles. The Balaban J connectivity index is 2.13. The fraction of sp³-hybridized carbons (Fsp3) is 0.316. The molecule has 0 aromatic heterocycles. The van der Waals surface area contributed by atoms with Crippen LogP contribution in [0, 0.1) is 26.6 Å². The molecule has 26 heavy (non-hydrogen) atoms. The largest absolute Gasteiger partial charge is 0.326 e. The van der Waals surface area contributed by atoms with Crippen LogP contribution in [0.5, 0.6) is 0 Å². The molecule has 0 saturated heterocycles. The molecule has 0 fully saturated rings. The molecule has 0 radical (unpaired) electrons. The average Bonchev–Trinajstić information content (AvgIpc) is 2.50. The van der Waals surface area contributed by atoms with Crippen LogP contribution in [-0.4, -0.2) is 27.1 Å². The van der Waals surface area contributed by atoms with Crippen LogP contribution in [0.4, 0.5) is 15.8 Å². The van der Waals surface area contributed by atoms with Crippen molar-refractivity contribution in [1.82, 2.24) is 0 Å². The first-order chi connectivity index (χ1) is 12.1. The second-order valence-corrected chi connectivity index (χ2v) is 8.29. The molecular formula is C19H23FN2O3S. The van der Waals surface area contributed by atoms with Crippen LogP contribution in [0.15, 0.2) is 36.4 Å². The minimum Gasteiger partial charge on any atom is -0.326 e. The quantitative estimate of drug-likeness (QED) is 0.836. The summed E-state index contributed by atoms with van der Waals surface area (Å²) in [6.07, 6.45) is 0.987. The molecule has 5 nitrogen and oxygen atoms in total. The van der Waals surface area contributed by atoms with Crippen LogP contribution in [0.2, 0.25) is 0 Å². The van der Waals surface area contributed by atoms with Crippen LogP contribution in [0.1, 0.15) is 23.1 Å². The smallest absolute Gasteiger partial charge is 0.232 e. The second-order valence-electron chi connectivity index (χ2n) is 6.39. The van der Waals surface area contributed by atoms with E-state index < -0.39 is 15.8 Å². The zero-order valence-corrected chi connectivity index (χ0v) is 16.2. The van der Waals surface area contributed by atoms with Gasteiger partial charge in [-0.2, -0.15) is 0 Å². The van der Waals surface area contributed by atoms with E-state index in [1.165, 1.54) is 18.2 Å². The number of anilines is 2. The molecule has 140 valence electrons. The predicted octanol–water partition coefficient (Wildman–Crippen LogP) is 3.55. The number of nitrogens with one attached hydrogen (secondary N) is 1. The number of benzene rings is 2. The molecule has 0 spiro atoms. The Morgan fingerprint density at radius 2 is 1.73 bits per heavy atom. The van der Waals surface area contributed by atoms with Gasteiger partial charge >= 0.3 is 0 Å². The minimum atomic E-state index is -3.64. The van der Waals surface area contributed by atoms with Crippen LogP contribution in [0.25, 0.3) is 0 Å². The van der Waals surface area contributed by atoms with E-state index in [4.69, 9.17) is 0 Å². The van der Waals surface area contributed by atoms with Gasteiger partial charge < -0.3 is 5.32 Å². The molecule has 0 bridgehead atoms. The summed E-state index contributed by atoms with van der Waals surface area (Å²) in [6.45, 7) is 5.73. The van der Waals surface area contributed by atoms with Crippen LogP contribution in [0.3, 0.4) is 0 Å². The molecule has 0 atom stereocenters. The average molecular weight is 378 g/mol. The SMILES string of the molecule is Cc1cc(C)c(NC(=O)CCN(c2cccc(F)c2)S(C)(=O)=O)c(C)c1. The number of sulfonamides is 1. The number of nitrogens with zero attached hydrogens (tertiary/aromatic N) is 1. The molecule has 2 aromatic carbocycles. The molecule has 2 rings (SSSR count). The third-order valence-corrected chi connectivity index (χ3v) is 5.17. The number of hydrogen-bond donors (Lipinski definition) is 1. The summed E-state index contributed by atoms with van der Waals surface area (Å²) in [5.41, 5.74) is 3.93. The predicted molar refractivity (Wildman–Crippen MR) is 102 cm³/mol. The maximum Gasteiger partial charge on any atom is 0.232 e. The molecule has 7 heteroatoms. The zero-order valence-electron chi connectivity index (χ0n) is 15.3. The van der Waals surface area contributed by atoms with E-state index in [-0.39, 0.29) is 24.6 Å². The van der Waals surface area contributed by atoms with Crippen molar-refractivity contribution in [2.75, 3.05) is 22.4 Å². The molecule has 1 amide bonds. The molecule has 0 aliphatic carbocycles. The van der Waals surface area contributed by atoms with E-state index in [2.05, 4.69) is 5.32 Å². The van der Waals surface area contributed by atoms with Crippen molar-refractivity contribution in [2.45, 2.75) is 27.2 Å². The van der Waals surface area contributed by atoms with E-state index in [0.29, 0.717) is 0 Å². The molecule has 0 unspecified atom stereocenters. The lowest BCUT2D eigenvalue weighted by Crippen LogP contribution is -2.33. The number of amides is 1. The first-order valence-electron chi connectivity index (χ1n) is 8.19. The van der Waals surface area contributed by atoms with Crippen molar-refractivity contribution in [3.05, 3.63) is 58.9 Å². The van der Waals surface area contributed by atoms with E-state index in [0.717, 1.165) is 39.0 Å². The highest BCUT2D eigenvalue weighted by atomic mass is 32.2. The highest BCUT2D eigenvalue weighted by molar-refractivity contribution is 7.92. The lowest BCUT2D eigenvalue weighted by molar-refractivity contribution is -0.116. The molecule has 0 heterocycles. The lowest BCUT2D eigenvalue weighted by Gasteiger charge is -2.22. The summed E-state index contributed by atoms with van der Waals surface area (Å²) < 4.78 is 38.5. The van der Waals surface area contributed by atoms with Gasteiger partial charge in [0.1, 0.15) is 5.82 Å². The molecule has 0 saturated carbocycles. The van der Waals surface area contributed by atoms with Gasteiger partial charge in [0, 0.05) is 18.7 Å². The summed E-state index contributed by atoms with van der Waals surface area (Å²) in [7, 11) is -3.64. The Morgan fingerprint density at radius 1 is 1.12 bits per heavy atom. The van der Waals surface area contributed by atoms with Crippen LogP contribution in [-0.2, 0) is 14.8 Å². The van der Waals surface area contributed by atoms with Crippen molar-refractivity contribution >= 4 is 27.3 Å². The Bertz CT molecular complexity index is 903. The van der Waals surface area contributed by atoms with Gasteiger partial charge in [0.05, 0.1) is 11.9 Å². The molecule has 1 N–H and O–H groups in total. The summed E-state index contributed by atoms with van der Waals surface area (Å²) >= 11 is 0. The number of carbonyl (C=O) groups is 1. The summed E-state index contributed by atoms with van der Waals surface area (Å²) in [4.78, 5) is 12.3. The first-order valence-corrected chi connectivity index (χ1v) is 10.0. The Morgan fingerprint density at radius 3 is 2.27 bits per heavy atom. The Hall–Kier alpha value is -2.41. The summed E-state index contributed by atoms with van der Waals surface area (Å²) in [5, 5.41) is 2.84. The normalized spacial score (nSPS) is 11.3. The number of rotatable bonds is 6. The summed E-state index contributed by atoms with van der Waals surface area (Å²) in [6, 6.07) is 9.24. The standard InChI is InChI=1S/C19H23FN2O3S/c1-13-10-14(2)19(15(3)11-13)21-18(23)8-9-22(26(4,24)25)17-7-5-6-16(20)12-17/h5-7,10-12H,8-9H2,1-4H3,(H,21,23). The number of hydrogen-bond acceptors (Lipinski definition) is 3. The second kappa shape index (κ2) is 7.86. The zero-order chi connectivity index (χ0) is 19.5. The van der Waals surface area contributed by atoms with E-state index >= 15 is 0 Å². The van der Waals surface area contributed by atoms with Crippen molar-refractivity contribution in [2.24, 2.45) is 0 Å². The van der Waals surface area contributed by atoms with E-state index in [9.17, 15) is 17.6 Å². The van der Waals surface area contributed by atoms with Crippen LogP contribution < -0.4 is 9.62 Å². The van der Waals surface area contributed by atoms with Crippen molar-refractivity contribution in [1.29, 1.82) is 0 Å². The Kier molecular flexibility index (Phi) is 6.02. The van der Waals surface area contributed by atoms with Gasteiger partial charge in [0.25, 0.3) is 0 Å². The van der Waals surface area contributed by atoms with Crippen molar-refractivity contribution in [3.8, 4) is 0 Å². The number of aryl methyl sites for hydroxylation is 3. The first kappa shape index (κ1) is 19.9. The number of carbonyl (C=O) groups excluding carboxylic acids is 1. The van der Waals surface area contributed by atoms with Crippen molar-refractivity contribution in [3.63, 3.8) is 0 Å². The topological polar surface area (TPSA) is 66.5 Å². The van der Waals surface area contributed by atoms with Crippen molar-refractivity contribution < 1.29 is 17.6 Å². The molecule has 2 aromatic rings. The van der Waals surface area contributed by atoms with Crippen LogP contribution >= 0.6 is 0 Å². The maximum atomic E-state index is 13.4. The summed E-state index contributed by atoms with van der Waals surface area (Å²) in [5.74, 6) is -0.836. The van der Waals surface area contributed by atoms with Gasteiger partial charge in [0.15, 0.2) is 0 Å². The third kappa shape index (κ3) is 5.05. The van der Waals surface area contributed by atoms with Gasteiger partial charge in [-0.15, -0.1) is 0 Å². The molecular weight excluding hydrogens is 355 g/mol. The van der Waals surface area contributed by atoms with Gasteiger partial charge in [0.2, 0.25) is 15.9 Å². The minimum absolute atomic E-state index is 0.0453. The van der Waals surface area contributed by atoms with Gasteiger partial charge in [-0.1, -0.05) is 23.8 Å². The van der Waals surface area contributed by atoms with Gasteiger partial charge in [-0.25, -0.2) is 12.8 Å². The fourth-order valence-corrected chi connectivity index (χ4v) is 3.82. The van der Waals surface area contributed by atoms with E-state index in [1.807, 2.05) is 32.9 Å². The Labute approximate surface area is 153 Å². The lowest BCUT2D eigenvalue weighted by atomic mass is 10.1. The monoisotopic (exact) mass is 378 g/mol. The van der Waals surface area contributed by atoms with Gasteiger partial charge in [-0.3, -0.25) is 9.10 Å². The van der Waals surface area contributed by atoms with Gasteiger partial charge in [-0.05, 0) is 50.1 Å². The van der Waals surface area contributed by atoms with E-state index in [1.54, 1.807) is 0 Å². The third-order valence-electron chi connectivity index (χ3n) is 3.98.